The van der Waals surface area contributed by atoms with Crippen molar-refractivity contribution in [3.05, 3.63) is 56.3 Å². The van der Waals surface area contributed by atoms with E-state index in [0.29, 0.717) is 22.0 Å². The first-order valence-corrected chi connectivity index (χ1v) is 10.5. The van der Waals surface area contributed by atoms with E-state index < -0.39 is 0 Å². The quantitative estimate of drug-likeness (QED) is 0.314. The second-order valence-corrected chi connectivity index (χ2v) is 8.21. The van der Waals surface area contributed by atoms with Crippen molar-refractivity contribution in [1.82, 2.24) is 0 Å². The van der Waals surface area contributed by atoms with E-state index in [1.807, 2.05) is 37.3 Å². The molecule has 0 bridgehead atoms. The van der Waals surface area contributed by atoms with Crippen LogP contribution in [-0.2, 0) is 4.89 Å². The normalized spacial score (nSPS) is 24.0. The number of hydrogen-bond acceptors (Lipinski definition) is 4. The molecule has 26 heavy (non-hydrogen) atoms. The lowest BCUT2D eigenvalue weighted by Crippen LogP contribution is -2.24. The zero-order valence-electron chi connectivity index (χ0n) is 14.7. The van der Waals surface area contributed by atoms with Gasteiger partial charge in [-0.05, 0) is 57.2 Å². The van der Waals surface area contributed by atoms with E-state index in [2.05, 4.69) is 41.7 Å². The van der Waals surface area contributed by atoms with Gasteiger partial charge in [0.2, 0.25) is 0 Å². The Morgan fingerprint density at radius 1 is 1.08 bits per heavy atom. The Bertz CT molecular complexity index is 763. The van der Waals surface area contributed by atoms with E-state index in [9.17, 15) is 5.26 Å². The smallest absolute Gasteiger partial charge is 0.167 e. The SMILES string of the molecule is CC1C(=NC2CCCCC2)C(Br)=C(N=Cc2ccccc2)C(Br)=C1OO. The van der Waals surface area contributed by atoms with Crippen LogP contribution in [0.25, 0.3) is 0 Å². The summed E-state index contributed by atoms with van der Waals surface area (Å²) in [5, 5.41) is 9.41. The minimum atomic E-state index is -0.152. The van der Waals surface area contributed by atoms with Gasteiger partial charge in [-0.15, -0.1) is 0 Å². The molecule has 0 radical (unpaired) electrons. The molecule has 1 fully saturated rings. The maximum Gasteiger partial charge on any atom is 0.167 e. The van der Waals surface area contributed by atoms with Crippen molar-refractivity contribution in [2.45, 2.75) is 45.1 Å². The maximum atomic E-state index is 9.41. The van der Waals surface area contributed by atoms with Gasteiger partial charge in [0, 0.05) is 6.21 Å². The number of rotatable bonds is 4. The molecule has 3 rings (SSSR count). The first-order valence-electron chi connectivity index (χ1n) is 8.90. The molecule has 0 amide bonds. The summed E-state index contributed by atoms with van der Waals surface area (Å²) in [4.78, 5) is 14.3. The van der Waals surface area contributed by atoms with Crippen LogP contribution in [0.3, 0.4) is 0 Å². The molecule has 0 saturated heterocycles. The van der Waals surface area contributed by atoms with Crippen LogP contribution in [0.1, 0.15) is 44.6 Å². The monoisotopic (exact) mass is 480 g/mol. The largest absolute Gasteiger partial charge is 0.343 e. The van der Waals surface area contributed by atoms with Crippen LogP contribution in [0.5, 0.6) is 0 Å². The summed E-state index contributed by atoms with van der Waals surface area (Å²) in [6, 6.07) is 10.2. The Balaban J connectivity index is 1.98. The second kappa shape index (κ2) is 9.11. The van der Waals surface area contributed by atoms with Gasteiger partial charge in [0.25, 0.3) is 0 Å². The molecule has 0 aromatic heterocycles. The topological polar surface area (TPSA) is 54.2 Å². The Morgan fingerprint density at radius 3 is 2.42 bits per heavy atom. The molecule has 1 unspecified atom stereocenters. The Kier molecular flexibility index (Phi) is 6.84. The number of allylic oxidation sites excluding steroid dienone is 3. The van der Waals surface area contributed by atoms with E-state index in [4.69, 9.17) is 4.99 Å². The molecule has 2 aliphatic rings. The van der Waals surface area contributed by atoms with E-state index in [-0.39, 0.29) is 5.92 Å². The van der Waals surface area contributed by atoms with E-state index >= 15 is 0 Å². The number of halogens is 2. The van der Waals surface area contributed by atoms with Gasteiger partial charge in [-0.1, -0.05) is 49.6 Å². The standard InChI is InChI=1S/C20H22Br2N2O2/c1-13-18(24-15-10-6-3-7-11-15)16(21)19(17(22)20(13)26-25)23-12-14-8-4-2-5-9-14/h2,4-5,8-9,12-13,15,25H,3,6-7,10-11H2,1H3. The molecule has 0 heterocycles. The van der Waals surface area contributed by atoms with Gasteiger partial charge >= 0.3 is 0 Å². The molecule has 1 N–H and O–H groups in total. The van der Waals surface area contributed by atoms with Crippen LogP contribution in [0.15, 0.2) is 60.7 Å². The number of benzene rings is 1. The molecular weight excluding hydrogens is 460 g/mol. The second-order valence-electron chi connectivity index (χ2n) is 6.63. The lowest BCUT2D eigenvalue weighted by molar-refractivity contribution is -0.208. The molecule has 4 nitrogen and oxygen atoms in total. The number of nitrogens with zero attached hydrogens (tertiary/aromatic N) is 2. The molecule has 0 aliphatic heterocycles. The highest BCUT2D eigenvalue weighted by molar-refractivity contribution is 9.12. The fourth-order valence-electron chi connectivity index (χ4n) is 3.32. The van der Waals surface area contributed by atoms with Crippen molar-refractivity contribution in [1.29, 1.82) is 0 Å². The first kappa shape index (κ1) is 19.5. The van der Waals surface area contributed by atoms with E-state index in [1.165, 1.54) is 19.3 Å². The van der Waals surface area contributed by atoms with Crippen molar-refractivity contribution >= 4 is 43.8 Å². The van der Waals surface area contributed by atoms with Crippen LogP contribution < -0.4 is 0 Å². The summed E-state index contributed by atoms with van der Waals surface area (Å²) in [5.41, 5.74) is 2.55. The molecule has 6 heteroatoms. The lowest BCUT2D eigenvalue weighted by Gasteiger charge is -2.26. The van der Waals surface area contributed by atoms with Crippen LogP contribution in [0.2, 0.25) is 0 Å². The summed E-state index contributed by atoms with van der Waals surface area (Å²) >= 11 is 7.22. The van der Waals surface area contributed by atoms with Crippen molar-refractivity contribution in [3.8, 4) is 0 Å². The first-order chi connectivity index (χ1) is 12.6. The number of hydrogen-bond donors (Lipinski definition) is 1. The van der Waals surface area contributed by atoms with Gasteiger partial charge in [0.1, 0.15) is 0 Å². The van der Waals surface area contributed by atoms with Crippen LogP contribution >= 0.6 is 31.9 Å². The Labute approximate surface area is 171 Å². The van der Waals surface area contributed by atoms with Crippen LogP contribution in [-0.4, -0.2) is 23.2 Å². The number of aliphatic imine (C=N–C) groups is 2. The molecular formula is C20H22Br2N2O2. The van der Waals surface area contributed by atoms with Gasteiger partial charge in [-0.25, -0.2) is 5.26 Å². The highest BCUT2D eigenvalue weighted by Crippen LogP contribution is 2.40. The van der Waals surface area contributed by atoms with Gasteiger partial charge in [0.15, 0.2) is 5.76 Å². The highest BCUT2D eigenvalue weighted by atomic mass is 79.9. The Morgan fingerprint density at radius 2 is 1.77 bits per heavy atom. The molecule has 1 aromatic rings. The summed E-state index contributed by atoms with van der Waals surface area (Å²) in [6.07, 6.45) is 7.74. The van der Waals surface area contributed by atoms with Gasteiger partial charge in [-0.3, -0.25) is 9.98 Å². The van der Waals surface area contributed by atoms with Crippen molar-refractivity contribution in [2.24, 2.45) is 15.9 Å². The third-order valence-electron chi connectivity index (χ3n) is 4.80. The van der Waals surface area contributed by atoms with E-state index in [0.717, 1.165) is 28.6 Å². The molecule has 138 valence electrons. The van der Waals surface area contributed by atoms with E-state index in [1.54, 1.807) is 6.21 Å². The van der Waals surface area contributed by atoms with Crippen molar-refractivity contribution in [2.75, 3.05) is 0 Å². The average Bonchev–Trinajstić information content (AvgIpc) is 2.67. The average molecular weight is 482 g/mol. The van der Waals surface area contributed by atoms with Crippen molar-refractivity contribution < 1.29 is 10.1 Å². The minimum Gasteiger partial charge on any atom is -0.343 e. The summed E-state index contributed by atoms with van der Waals surface area (Å²) in [6.45, 7) is 1.98. The predicted octanol–water partition coefficient (Wildman–Crippen LogP) is 6.23. The van der Waals surface area contributed by atoms with Crippen LogP contribution in [0, 0.1) is 5.92 Å². The molecule has 1 saturated carbocycles. The summed E-state index contributed by atoms with van der Waals surface area (Å²) in [7, 11) is 0. The molecule has 2 aliphatic carbocycles. The molecule has 1 atom stereocenters. The lowest BCUT2D eigenvalue weighted by atomic mass is 9.93. The fourth-order valence-corrected chi connectivity index (χ4v) is 5.05. The Hall–Kier alpha value is -1.24. The fraction of sp³-hybridized carbons (Fsp3) is 0.400. The third-order valence-corrected chi connectivity index (χ3v) is 6.35. The molecule has 1 aromatic carbocycles. The third kappa shape index (κ3) is 4.35. The highest BCUT2D eigenvalue weighted by Gasteiger charge is 2.33. The zero-order valence-corrected chi connectivity index (χ0v) is 17.8. The van der Waals surface area contributed by atoms with Crippen molar-refractivity contribution in [3.63, 3.8) is 0 Å². The van der Waals surface area contributed by atoms with Gasteiger partial charge in [0.05, 0.1) is 32.3 Å². The van der Waals surface area contributed by atoms with Crippen LogP contribution in [0.4, 0.5) is 0 Å². The predicted molar refractivity (Wildman–Crippen MR) is 113 cm³/mol. The zero-order chi connectivity index (χ0) is 18.5. The summed E-state index contributed by atoms with van der Waals surface area (Å²) in [5.74, 6) is 0.282. The van der Waals surface area contributed by atoms with Gasteiger partial charge in [-0.2, -0.15) is 0 Å². The van der Waals surface area contributed by atoms with Gasteiger partial charge < -0.3 is 4.89 Å². The molecule has 0 spiro atoms. The maximum absolute atomic E-state index is 9.41. The minimum absolute atomic E-state index is 0.152. The summed E-state index contributed by atoms with van der Waals surface area (Å²) < 4.78 is 1.48.